The summed E-state index contributed by atoms with van der Waals surface area (Å²) in [6.45, 7) is 2.03. The van der Waals surface area contributed by atoms with Crippen LogP contribution in [0.3, 0.4) is 0 Å². The molecule has 0 unspecified atom stereocenters. The number of hydrogen-bond donors (Lipinski definition) is 2. The molecule has 2 aromatic rings. The summed E-state index contributed by atoms with van der Waals surface area (Å²) in [7, 11) is 0. The van der Waals surface area contributed by atoms with Crippen molar-refractivity contribution in [2.45, 2.75) is 13.5 Å². The molecule has 2 N–H and O–H groups in total. The first-order chi connectivity index (χ1) is 9.47. The van der Waals surface area contributed by atoms with Gasteiger partial charge in [0.2, 0.25) is 0 Å². The zero-order chi connectivity index (χ0) is 14.7. The van der Waals surface area contributed by atoms with Crippen LogP contribution < -0.4 is 5.32 Å². The summed E-state index contributed by atoms with van der Waals surface area (Å²) >= 11 is 1.25. The third kappa shape index (κ3) is 3.09. The van der Waals surface area contributed by atoms with Crippen LogP contribution in [-0.2, 0) is 6.54 Å². The van der Waals surface area contributed by atoms with Crippen LogP contribution in [0.15, 0.2) is 23.6 Å². The molecule has 0 aliphatic rings. The number of aromatic nitrogens is 1. The van der Waals surface area contributed by atoms with Gasteiger partial charge in [0.25, 0.3) is 5.69 Å². The van der Waals surface area contributed by atoms with Gasteiger partial charge in [-0.1, -0.05) is 0 Å². The van der Waals surface area contributed by atoms with Crippen LogP contribution in [0.2, 0.25) is 0 Å². The second kappa shape index (κ2) is 5.66. The number of nitrogens with one attached hydrogen (secondary N) is 1. The lowest BCUT2D eigenvalue weighted by atomic mass is 10.2. The van der Waals surface area contributed by atoms with Crippen molar-refractivity contribution < 1.29 is 14.8 Å². The summed E-state index contributed by atoms with van der Waals surface area (Å²) in [5.74, 6) is -1.06. The Morgan fingerprint density at radius 2 is 2.30 bits per heavy atom. The Morgan fingerprint density at radius 3 is 2.85 bits per heavy atom. The molecule has 8 heteroatoms. The molecule has 2 rings (SSSR count). The Balaban J connectivity index is 2.05. The molecule has 1 aromatic heterocycles. The van der Waals surface area contributed by atoms with Crippen molar-refractivity contribution in [3.05, 3.63) is 50.0 Å². The topological polar surface area (TPSA) is 105 Å². The largest absolute Gasteiger partial charge is 0.476 e. The van der Waals surface area contributed by atoms with Crippen LogP contribution in [0.4, 0.5) is 11.4 Å². The van der Waals surface area contributed by atoms with E-state index in [0.717, 1.165) is 5.69 Å². The summed E-state index contributed by atoms with van der Waals surface area (Å²) in [4.78, 5) is 24.9. The molecule has 0 amide bonds. The summed E-state index contributed by atoms with van der Waals surface area (Å²) in [5.41, 5.74) is 1.37. The minimum atomic E-state index is -1.06. The first-order valence-electron chi connectivity index (χ1n) is 5.64. The predicted octanol–water partition coefficient (Wildman–Crippen LogP) is 2.67. The molecule has 0 radical (unpaired) electrons. The fraction of sp³-hybridized carbons (Fsp3) is 0.167. The van der Waals surface area contributed by atoms with E-state index in [2.05, 4.69) is 10.3 Å². The van der Waals surface area contributed by atoms with Crippen LogP contribution in [0.1, 0.15) is 21.1 Å². The van der Waals surface area contributed by atoms with E-state index in [4.69, 9.17) is 5.11 Å². The molecule has 0 saturated carbocycles. The molecule has 0 aliphatic carbocycles. The van der Waals surface area contributed by atoms with Gasteiger partial charge < -0.3 is 10.4 Å². The van der Waals surface area contributed by atoms with Gasteiger partial charge in [0, 0.05) is 22.7 Å². The van der Waals surface area contributed by atoms with Crippen molar-refractivity contribution in [1.82, 2.24) is 4.98 Å². The van der Waals surface area contributed by atoms with Crippen molar-refractivity contribution >= 4 is 28.7 Å². The molecule has 104 valence electrons. The molecule has 7 nitrogen and oxygen atoms in total. The summed E-state index contributed by atoms with van der Waals surface area (Å²) in [6.07, 6.45) is 0. The van der Waals surface area contributed by atoms with Crippen LogP contribution >= 0.6 is 11.3 Å². The Kier molecular flexibility index (Phi) is 3.94. The van der Waals surface area contributed by atoms with Gasteiger partial charge >= 0.3 is 5.97 Å². The maximum Gasteiger partial charge on any atom is 0.355 e. The lowest BCUT2D eigenvalue weighted by molar-refractivity contribution is -0.385. The van der Waals surface area contributed by atoms with Gasteiger partial charge in [0.1, 0.15) is 5.01 Å². The number of hydrogen-bond acceptors (Lipinski definition) is 6. The Labute approximate surface area is 118 Å². The number of nitro groups is 1. The van der Waals surface area contributed by atoms with Gasteiger partial charge in [-0.25, -0.2) is 9.78 Å². The second-order valence-corrected chi connectivity index (χ2v) is 4.99. The zero-order valence-electron chi connectivity index (χ0n) is 10.5. The summed E-state index contributed by atoms with van der Waals surface area (Å²) in [5, 5.41) is 24.6. The van der Waals surface area contributed by atoms with Crippen molar-refractivity contribution in [3.8, 4) is 0 Å². The van der Waals surface area contributed by atoms with Gasteiger partial charge in [-0.05, 0) is 19.1 Å². The number of rotatable bonds is 5. The SMILES string of the molecule is Cc1cc(NCc2nc(C(=O)O)cs2)ccc1[N+](=O)[O-]. The van der Waals surface area contributed by atoms with E-state index in [1.54, 1.807) is 19.1 Å². The van der Waals surface area contributed by atoms with E-state index in [0.29, 0.717) is 17.1 Å². The third-order valence-corrected chi connectivity index (χ3v) is 3.46. The maximum absolute atomic E-state index is 10.7. The van der Waals surface area contributed by atoms with E-state index < -0.39 is 10.9 Å². The smallest absolute Gasteiger partial charge is 0.355 e. The molecule has 1 heterocycles. The van der Waals surface area contributed by atoms with E-state index in [1.807, 2.05) is 0 Å². The number of aromatic carboxylic acids is 1. The highest BCUT2D eigenvalue weighted by molar-refractivity contribution is 7.09. The molecular weight excluding hydrogens is 282 g/mol. The van der Waals surface area contributed by atoms with Crippen molar-refractivity contribution in [3.63, 3.8) is 0 Å². The van der Waals surface area contributed by atoms with E-state index in [9.17, 15) is 14.9 Å². The second-order valence-electron chi connectivity index (χ2n) is 4.04. The number of benzene rings is 1. The summed E-state index contributed by atoms with van der Waals surface area (Å²) < 4.78 is 0. The van der Waals surface area contributed by atoms with Crippen LogP contribution in [0.25, 0.3) is 0 Å². The zero-order valence-corrected chi connectivity index (χ0v) is 11.3. The van der Waals surface area contributed by atoms with Crippen LogP contribution in [0.5, 0.6) is 0 Å². The predicted molar refractivity (Wildman–Crippen MR) is 74.2 cm³/mol. The van der Waals surface area contributed by atoms with Crippen molar-refractivity contribution in [2.75, 3.05) is 5.32 Å². The number of carboxylic acids is 1. The average molecular weight is 293 g/mol. The quantitative estimate of drug-likeness (QED) is 0.648. The van der Waals surface area contributed by atoms with Gasteiger partial charge in [-0.2, -0.15) is 0 Å². The normalized spacial score (nSPS) is 10.2. The summed E-state index contributed by atoms with van der Waals surface area (Å²) in [6, 6.07) is 4.71. The molecule has 0 aliphatic heterocycles. The molecule has 1 aromatic carbocycles. The van der Waals surface area contributed by atoms with E-state index >= 15 is 0 Å². The monoisotopic (exact) mass is 293 g/mol. The van der Waals surface area contributed by atoms with Gasteiger partial charge in [-0.15, -0.1) is 11.3 Å². The number of carbonyl (C=O) groups is 1. The van der Waals surface area contributed by atoms with Crippen LogP contribution in [0, 0.1) is 17.0 Å². The highest BCUT2D eigenvalue weighted by Gasteiger charge is 2.11. The standard InChI is InChI=1S/C12H11N3O4S/c1-7-4-8(2-3-10(7)15(18)19)13-5-11-14-9(6-20-11)12(16)17/h2-4,6,13H,5H2,1H3,(H,16,17). The highest BCUT2D eigenvalue weighted by Crippen LogP contribution is 2.22. The maximum atomic E-state index is 10.7. The first-order valence-corrected chi connectivity index (χ1v) is 6.52. The van der Waals surface area contributed by atoms with Gasteiger partial charge in [0.05, 0.1) is 11.5 Å². The number of carboxylic acid groups (broad SMARTS) is 1. The van der Waals surface area contributed by atoms with Crippen LogP contribution in [-0.4, -0.2) is 21.0 Å². The number of aryl methyl sites for hydroxylation is 1. The first kappa shape index (κ1) is 13.9. The molecule has 20 heavy (non-hydrogen) atoms. The van der Waals surface area contributed by atoms with Gasteiger partial charge in [0.15, 0.2) is 5.69 Å². The number of nitrogens with zero attached hydrogens (tertiary/aromatic N) is 2. The number of anilines is 1. The number of thiazole rings is 1. The van der Waals surface area contributed by atoms with E-state index in [-0.39, 0.29) is 11.4 Å². The Morgan fingerprint density at radius 1 is 1.55 bits per heavy atom. The molecule has 0 saturated heterocycles. The molecule has 0 atom stereocenters. The van der Waals surface area contributed by atoms with Gasteiger partial charge in [-0.3, -0.25) is 10.1 Å². The minimum absolute atomic E-state index is 0.0201. The van der Waals surface area contributed by atoms with Crippen molar-refractivity contribution in [1.29, 1.82) is 0 Å². The third-order valence-electron chi connectivity index (χ3n) is 2.61. The minimum Gasteiger partial charge on any atom is -0.476 e. The number of nitro benzene ring substituents is 1. The molecule has 0 fully saturated rings. The Bertz CT molecular complexity index is 668. The highest BCUT2D eigenvalue weighted by atomic mass is 32.1. The molecule has 0 bridgehead atoms. The Hall–Kier alpha value is -2.48. The van der Waals surface area contributed by atoms with Crippen molar-refractivity contribution in [2.24, 2.45) is 0 Å². The fourth-order valence-corrected chi connectivity index (χ4v) is 2.35. The average Bonchev–Trinajstić information content (AvgIpc) is 2.85. The molecular formula is C12H11N3O4S. The lowest BCUT2D eigenvalue weighted by Gasteiger charge is -2.05. The lowest BCUT2D eigenvalue weighted by Crippen LogP contribution is -2.02. The van der Waals surface area contributed by atoms with E-state index in [1.165, 1.54) is 22.8 Å². The molecule has 0 spiro atoms. The fourth-order valence-electron chi connectivity index (χ4n) is 1.64.